The van der Waals surface area contributed by atoms with Crippen LogP contribution in [0.4, 0.5) is 5.69 Å². The van der Waals surface area contributed by atoms with Crippen molar-refractivity contribution in [3.8, 4) is 17.1 Å². The lowest BCUT2D eigenvalue weighted by Crippen LogP contribution is -2.44. The molecule has 7 heteroatoms. The third-order valence-corrected chi connectivity index (χ3v) is 6.26. The molecule has 174 valence electrons. The van der Waals surface area contributed by atoms with Gasteiger partial charge in [-0.2, -0.15) is 0 Å². The Morgan fingerprint density at radius 2 is 1.47 bits per heavy atom. The number of anilines is 1. The molecular formula is C29H20N4O3. The van der Waals surface area contributed by atoms with Gasteiger partial charge in [0.2, 0.25) is 0 Å². The van der Waals surface area contributed by atoms with Crippen molar-refractivity contribution in [2.45, 2.75) is 0 Å². The van der Waals surface area contributed by atoms with Gasteiger partial charge in [0, 0.05) is 16.8 Å². The number of carbonyl (C=O) groups is 2. The molecule has 0 fully saturated rings. The van der Waals surface area contributed by atoms with Crippen molar-refractivity contribution in [2.24, 2.45) is 0 Å². The van der Waals surface area contributed by atoms with Gasteiger partial charge in [-0.15, -0.1) is 0 Å². The molecule has 1 aromatic heterocycles. The van der Waals surface area contributed by atoms with Gasteiger partial charge in [-0.3, -0.25) is 23.9 Å². The number of nitrogens with one attached hydrogen (secondary N) is 1. The Morgan fingerprint density at radius 3 is 2.28 bits per heavy atom. The normalized spacial score (nSPS) is 12.8. The third kappa shape index (κ3) is 3.54. The van der Waals surface area contributed by atoms with E-state index in [4.69, 9.17) is 4.98 Å². The maximum absolute atomic E-state index is 13.5. The van der Waals surface area contributed by atoms with Crippen molar-refractivity contribution in [1.82, 2.24) is 14.5 Å². The van der Waals surface area contributed by atoms with E-state index in [2.05, 4.69) is 5.32 Å². The SMILES string of the molecule is O=C(c1ccc(-n2c(-c3ccccc3)nc3ccccc3c2=O)cc1)N1CNc2ccccc2C1=O. The highest BCUT2D eigenvalue weighted by Crippen LogP contribution is 2.25. The molecule has 0 saturated carbocycles. The Balaban J connectivity index is 1.40. The highest BCUT2D eigenvalue weighted by molar-refractivity contribution is 6.13. The lowest BCUT2D eigenvalue weighted by Gasteiger charge is -2.28. The minimum absolute atomic E-state index is 0.0860. The summed E-state index contributed by atoms with van der Waals surface area (Å²) >= 11 is 0. The molecular weight excluding hydrogens is 452 g/mol. The second-order valence-corrected chi connectivity index (χ2v) is 8.42. The summed E-state index contributed by atoms with van der Waals surface area (Å²) in [6.07, 6.45) is 0. The van der Waals surface area contributed by atoms with E-state index >= 15 is 0 Å². The zero-order chi connectivity index (χ0) is 24.6. The van der Waals surface area contributed by atoms with Crippen LogP contribution in [0.1, 0.15) is 20.7 Å². The molecule has 0 spiro atoms. The van der Waals surface area contributed by atoms with E-state index in [1.807, 2.05) is 60.7 Å². The van der Waals surface area contributed by atoms with Crippen LogP contribution in [0.25, 0.3) is 28.0 Å². The number of imide groups is 1. The number of hydrogen-bond acceptors (Lipinski definition) is 5. The second-order valence-electron chi connectivity index (χ2n) is 8.42. The first-order chi connectivity index (χ1) is 17.6. The summed E-state index contributed by atoms with van der Waals surface area (Å²) in [6, 6.07) is 30.5. The number of amides is 2. The Labute approximate surface area is 206 Å². The lowest BCUT2D eigenvalue weighted by atomic mass is 10.1. The zero-order valence-corrected chi connectivity index (χ0v) is 19.1. The number of rotatable bonds is 3. The molecule has 0 atom stereocenters. The fourth-order valence-electron chi connectivity index (χ4n) is 4.43. The number of nitrogens with zero attached hydrogens (tertiary/aromatic N) is 3. The summed E-state index contributed by atoms with van der Waals surface area (Å²) < 4.78 is 1.55. The van der Waals surface area contributed by atoms with Crippen molar-refractivity contribution in [3.63, 3.8) is 0 Å². The smallest absolute Gasteiger partial charge is 0.266 e. The molecule has 0 unspecified atom stereocenters. The molecule has 0 bridgehead atoms. The first-order valence-corrected chi connectivity index (χ1v) is 11.5. The van der Waals surface area contributed by atoms with Crippen LogP contribution in [-0.2, 0) is 0 Å². The van der Waals surface area contributed by atoms with Gasteiger partial charge in [-0.25, -0.2) is 4.98 Å². The minimum Gasteiger partial charge on any atom is -0.367 e. The first-order valence-electron chi connectivity index (χ1n) is 11.5. The molecule has 0 radical (unpaired) electrons. The topological polar surface area (TPSA) is 84.3 Å². The number of aromatic nitrogens is 2. The van der Waals surface area contributed by atoms with Gasteiger partial charge < -0.3 is 5.32 Å². The molecule has 4 aromatic carbocycles. The van der Waals surface area contributed by atoms with Crippen molar-refractivity contribution >= 4 is 28.4 Å². The zero-order valence-electron chi connectivity index (χ0n) is 19.1. The fourth-order valence-corrected chi connectivity index (χ4v) is 4.43. The number of fused-ring (bicyclic) bond motifs is 2. The summed E-state index contributed by atoms with van der Waals surface area (Å²) in [6.45, 7) is 0.0860. The van der Waals surface area contributed by atoms with Crippen LogP contribution in [0.5, 0.6) is 0 Å². The molecule has 0 saturated heterocycles. The van der Waals surface area contributed by atoms with Crippen LogP contribution in [0.15, 0.2) is 108 Å². The molecule has 0 aliphatic carbocycles. The van der Waals surface area contributed by atoms with Crippen LogP contribution in [-0.4, -0.2) is 32.9 Å². The van der Waals surface area contributed by atoms with Gasteiger partial charge in [0.15, 0.2) is 0 Å². The van der Waals surface area contributed by atoms with Crippen molar-refractivity contribution in [2.75, 3.05) is 12.0 Å². The molecule has 2 amide bonds. The van der Waals surface area contributed by atoms with Gasteiger partial charge in [0.05, 0.1) is 28.8 Å². The van der Waals surface area contributed by atoms with Crippen molar-refractivity contribution in [3.05, 3.63) is 125 Å². The van der Waals surface area contributed by atoms with Crippen LogP contribution in [0.2, 0.25) is 0 Å². The molecule has 7 nitrogen and oxygen atoms in total. The molecule has 1 aliphatic rings. The standard InChI is InChI=1S/C29H20N4O3/c34-27(32-18-30-24-12-6-4-10-22(24)28(32)35)20-14-16-21(17-15-20)33-26(19-8-2-1-3-9-19)31-25-13-7-5-11-23(25)29(33)36/h1-17,30H,18H2. The number of para-hydroxylation sites is 2. The molecule has 1 aliphatic heterocycles. The van der Waals surface area contributed by atoms with E-state index in [-0.39, 0.29) is 18.1 Å². The minimum atomic E-state index is -0.416. The Bertz CT molecular complexity index is 1690. The van der Waals surface area contributed by atoms with Gasteiger partial charge in [-0.1, -0.05) is 54.6 Å². The molecule has 36 heavy (non-hydrogen) atoms. The summed E-state index contributed by atoms with van der Waals surface area (Å²) in [7, 11) is 0. The van der Waals surface area contributed by atoms with Crippen LogP contribution in [0.3, 0.4) is 0 Å². The van der Waals surface area contributed by atoms with Crippen molar-refractivity contribution < 1.29 is 9.59 Å². The van der Waals surface area contributed by atoms with Crippen molar-refractivity contribution in [1.29, 1.82) is 0 Å². The predicted octanol–water partition coefficient (Wildman–Crippen LogP) is 4.72. The predicted molar refractivity (Wildman–Crippen MR) is 138 cm³/mol. The average molecular weight is 473 g/mol. The monoisotopic (exact) mass is 472 g/mol. The summed E-state index contributed by atoms with van der Waals surface area (Å²) in [5.41, 5.74) is 3.28. The van der Waals surface area contributed by atoms with Gasteiger partial charge in [-0.05, 0) is 48.5 Å². The maximum atomic E-state index is 13.5. The van der Waals surface area contributed by atoms with E-state index in [1.54, 1.807) is 47.0 Å². The van der Waals surface area contributed by atoms with Crippen LogP contribution in [0, 0.1) is 0 Å². The van der Waals surface area contributed by atoms with E-state index in [0.717, 1.165) is 5.56 Å². The van der Waals surface area contributed by atoms with Crippen LogP contribution < -0.4 is 10.9 Å². The fraction of sp³-hybridized carbons (Fsp3) is 0.0345. The van der Waals surface area contributed by atoms with E-state index < -0.39 is 5.91 Å². The number of carbonyl (C=O) groups excluding carboxylic acids is 2. The van der Waals surface area contributed by atoms with E-state index in [0.29, 0.717) is 39.2 Å². The quantitative estimate of drug-likeness (QED) is 0.384. The second kappa shape index (κ2) is 8.63. The molecule has 6 rings (SSSR count). The Hall–Kier alpha value is -5.04. The highest BCUT2D eigenvalue weighted by atomic mass is 16.2. The van der Waals surface area contributed by atoms with Gasteiger partial charge >= 0.3 is 0 Å². The van der Waals surface area contributed by atoms with Gasteiger partial charge in [0.25, 0.3) is 17.4 Å². The Kier molecular flexibility index (Phi) is 5.15. The summed E-state index contributed by atoms with van der Waals surface area (Å²) in [4.78, 5) is 45.6. The first kappa shape index (κ1) is 21.5. The molecule has 1 N–H and O–H groups in total. The summed E-state index contributed by atoms with van der Waals surface area (Å²) in [5, 5.41) is 3.61. The molecule has 5 aromatic rings. The Morgan fingerprint density at radius 1 is 0.778 bits per heavy atom. The highest BCUT2D eigenvalue weighted by Gasteiger charge is 2.29. The lowest BCUT2D eigenvalue weighted by molar-refractivity contribution is 0.0620. The maximum Gasteiger partial charge on any atom is 0.266 e. The van der Waals surface area contributed by atoms with E-state index in [1.165, 1.54) is 4.90 Å². The third-order valence-electron chi connectivity index (χ3n) is 6.26. The van der Waals surface area contributed by atoms with Crippen LogP contribution >= 0.6 is 0 Å². The molecule has 2 heterocycles. The summed E-state index contributed by atoms with van der Waals surface area (Å²) in [5.74, 6) is -0.258. The largest absolute Gasteiger partial charge is 0.367 e. The average Bonchev–Trinajstić information content (AvgIpc) is 2.94. The van der Waals surface area contributed by atoms with E-state index in [9.17, 15) is 14.4 Å². The van der Waals surface area contributed by atoms with Gasteiger partial charge in [0.1, 0.15) is 5.82 Å². The number of benzene rings is 4. The number of hydrogen-bond donors (Lipinski definition) is 1.